The molecular weight excluding hydrogens is 607 g/mol. The van der Waals surface area contributed by atoms with E-state index in [0.717, 1.165) is 19.5 Å². The Kier molecular flexibility index (Phi) is 8.48. The Morgan fingerprint density at radius 3 is 2.71 bits per heavy atom. The average Bonchev–Trinajstić information content (AvgIpc) is 3.02. The molecule has 0 unspecified atom stereocenters. The second-order valence-corrected chi connectivity index (χ2v) is 11.4. The summed E-state index contributed by atoms with van der Waals surface area (Å²) in [5, 5.41) is 1.06. The van der Waals surface area contributed by atoms with Gasteiger partial charge < -0.3 is 19.4 Å². The Labute approximate surface area is 262 Å². The number of anilines is 1. The number of fused-ring (bicyclic) bond motifs is 2. The molecule has 4 heterocycles. The molecule has 0 saturated carbocycles. The number of aromatic nitrogens is 3. The van der Waals surface area contributed by atoms with Gasteiger partial charge in [-0.15, -0.1) is 0 Å². The number of benzene rings is 2. The van der Waals surface area contributed by atoms with Gasteiger partial charge in [0.15, 0.2) is 11.6 Å². The topological polar surface area (TPSA) is 79.1 Å². The van der Waals surface area contributed by atoms with Gasteiger partial charge in [0.25, 0.3) is 5.91 Å². The maximum absolute atomic E-state index is 16.6. The number of likely N-dealkylation sites (N-methyl/N-ethyl adjacent to an activating group) is 1. The lowest BCUT2D eigenvalue weighted by Crippen LogP contribution is -2.56. The van der Waals surface area contributed by atoms with Crippen LogP contribution in [0, 0.1) is 18.2 Å². The van der Waals surface area contributed by atoms with Crippen LogP contribution in [0.3, 0.4) is 0 Å². The smallest absolute Gasteiger partial charge is 0.319 e. The normalized spacial score (nSPS) is 18.6. The van der Waals surface area contributed by atoms with Gasteiger partial charge in [0, 0.05) is 49.4 Å². The van der Waals surface area contributed by atoms with E-state index in [1.54, 1.807) is 29.2 Å². The number of nitrogens with zero attached hydrogens (tertiary/aromatic N) is 7. The molecule has 0 radical (unpaired) electrons. The second-order valence-electron chi connectivity index (χ2n) is 11.0. The lowest BCUT2D eigenvalue weighted by molar-refractivity contribution is -0.131. The van der Waals surface area contributed by atoms with Gasteiger partial charge in [-0.05, 0) is 24.4 Å². The fourth-order valence-electron chi connectivity index (χ4n) is 6.02. The Morgan fingerprint density at radius 2 is 2.00 bits per heavy atom. The minimum atomic E-state index is -1.11. The van der Waals surface area contributed by atoms with Crippen molar-refractivity contribution in [2.75, 3.05) is 50.8 Å². The fraction of sp³-hybridized carbons (Fsp3) is 0.344. The molecule has 0 N–H and O–H groups in total. The maximum Gasteiger partial charge on any atom is 0.319 e. The highest BCUT2D eigenvalue weighted by Gasteiger charge is 2.36. The number of hydrogen-bond donors (Lipinski definition) is 0. The van der Waals surface area contributed by atoms with Gasteiger partial charge >= 0.3 is 6.01 Å². The zero-order valence-corrected chi connectivity index (χ0v) is 25.2. The molecule has 2 fully saturated rings. The highest BCUT2D eigenvalue weighted by atomic mass is 35.5. The number of halogens is 4. The summed E-state index contributed by atoms with van der Waals surface area (Å²) in [5.74, 6) is -3.09. The lowest BCUT2D eigenvalue weighted by atomic mass is 10.0. The maximum atomic E-state index is 16.6. The highest BCUT2D eigenvalue weighted by Crippen LogP contribution is 2.38. The van der Waals surface area contributed by atoms with Gasteiger partial charge in [0.2, 0.25) is 6.54 Å². The zero-order valence-electron chi connectivity index (χ0n) is 24.4. The van der Waals surface area contributed by atoms with Crippen LogP contribution in [0.25, 0.3) is 37.8 Å². The lowest BCUT2D eigenvalue weighted by Gasteiger charge is -2.40. The van der Waals surface area contributed by atoms with Gasteiger partial charge in [-0.2, -0.15) is 9.97 Å². The van der Waals surface area contributed by atoms with Crippen molar-refractivity contribution >= 4 is 45.0 Å². The summed E-state index contributed by atoms with van der Waals surface area (Å²) in [7, 11) is 0. The van der Waals surface area contributed by atoms with E-state index in [9.17, 15) is 13.6 Å². The molecule has 1 amide bonds. The molecule has 4 aromatic rings. The summed E-state index contributed by atoms with van der Waals surface area (Å²) in [4.78, 5) is 34.8. The number of amides is 1. The Morgan fingerprint density at radius 1 is 1.18 bits per heavy atom. The predicted octanol–water partition coefficient (Wildman–Crippen LogP) is 5.67. The zero-order chi connectivity index (χ0) is 31.8. The van der Waals surface area contributed by atoms with Crippen molar-refractivity contribution in [1.82, 2.24) is 24.8 Å². The molecule has 2 aliphatic heterocycles. The molecule has 2 aliphatic rings. The molecule has 6 rings (SSSR count). The van der Waals surface area contributed by atoms with Crippen molar-refractivity contribution in [3.63, 3.8) is 0 Å². The Hall–Kier alpha value is -4.47. The van der Waals surface area contributed by atoms with Gasteiger partial charge in [-0.1, -0.05) is 49.4 Å². The second kappa shape index (κ2) is 12.5. The average molecular weight is 636 g/mol. The molecule has 0 bridgehead atoms. The quantitative estimate of drug-likeness (QED) is 0.182. The number of rotatable bonds is 8. The number of piperazine rings is 1. The minimum Gasteiger partial charge on any atom is -0.462 e. The van der Waals surface area contributed by atoms with Gasteiger partial charge in [0.1, 0.15) is 35.5 Å². The van der Waals surface area contributed by atoms with E-state index in [0.29, 0.717) is 28.8 Å². The molecule has 0 spiro atoms. The van der Waals surface area contributed by atoms with E-state index in [1.165, 1.54) is 17.2 Å². The summed E-state index contributed by atoms with van der Waals surface area (Å²) in [6.07, 6.45) is 2.39. The van der Waals surface area contributed by atoms with Crippen molar-refractivity contribution in [2.24, 2.45) is 0 Å². The molecule has 0 aliphatic carbocycles. The number of likely N-dealkylation sites (tertiary alicyclic amines) is 1. The summed E-state index contributed by atoms with van der Waals surface area (Å²) in [6.45, 7) is 15.1. The molecular formula is C32H29ClF3N7O2. The predicted molar refractivity (Wildman–Crippen MR) is 166 cm³/mol. The first-order chi connectivity index (χ1) is 21.7. The molecule has 9 nitrogen and oxygen atoms in total. The van der Waals surface area contributed by atoms with E-state index in [-0.39, 0.29) is 59.9 Å². The molecule has 2 saturated heterocycles. The first-order valence-corrected chi connectivity index (χ1v) is 14.9. The summed E-state index contributed by atoms with van der Waals surface area (Å²) in [5.41, 5.74) is 0.153. The molecule has 232 valence electrons. The van der Waals surface area contributed by atoms with Crippen LogP contribution in [0.4, 0.5) is 19.0 Å². The number of pyridine rings is 1. The third kappa shape index (κ3) is 5.62. The largest absolute Gasteiger partial charge is 0.462 e. The van der Waals surface area contributed by atoms with Gasteiger partial charge in [-0.3, -0.25) is 14.7 Å². The van der Waals surface area contributed by atoms with Gasteiger partial charge in [-0.25, -0.2) is 19.7 Å². The van der Waals surface area contributed by atoms with E-state index in [2.05, 4.69) is 38.2 Å². The number of hydrogen-bond acceptors (Lipinski definition) is 7. The van der Waals surface area contributed by atoms with Crippen LogP contribution in [0.5, 0.6) is 6.01 Å². The molecule has 45 heavy (non-hydrogen) atoms. The van der Waals surface area contributed by atoms with Crippen LogP contribution < -0.4 is 9.64 Å². The first-order valence-electron chi connectivity index (χ1n) is 14.6. The van der Waals surface area contributed by atoms with Crippen molar-refractivity contribution in [3.05, 3.63) is 77.0 Å². The van der Waals surface area contributed by atoms with E-state index >= 15 is 4.39 Å². The third-order valence-electron chi connectivity index (χ3n) is 8.49. The minimum absolute atomic E-state index is 0.0455. The van der Waals surface area contributed by atoms with E-state index in [1.807, 2.05) is 0 Å². The van der Waals surface area contributed by atoms with Crippen LogP contribution in [-0.2, 0) is 4.79 Å². The molecule has 13 heteroatoms. The van der Waals surface area contributed by atoms with E-state index < -0.39 is 29.4 Å². The van der Waals surface area contributed by atoms with Crippen LogP contribution >= 0.6 is 11.6 Å². The third-order valence-corrected chi connectivity index (χ3v) is 8.86. The number of carbonyl (C=O) groups excluding carboxylic acids is 1. The Bertz CT molecular complexity index is 1860. The molecule has 2 atom stereocenters. The number of ether oxygens (including phenoxy) is 1. The van der Waals surface area contributed by atoms with Crippen molar-refractivity contribution in [3.8, 4) is 17.3 Å². The van der Waals surface area contributed by atoms with Gasteiger partial charge in [0.05, 0.1) is 10.4 Å². The van der Waals surface area contributed by atoms with E-state index in [4.69, 9.17) is 22.9 Å². The SMILES string of the molecule is [C-]#[N+]C[C@H]1CN(c2nc(OC[C@H]3CCN3CC)nc3c(F)c(-c4cccc5ccc(F)c(Cl)c45)ncc23)CCN1C(=O)C(=C)F. The van der Waals surface area contributed by atoms with Crippen molar-refractivity contribution < 1.29 is 22.7 Å². The van der Waals surface area contributed by atoms with Crippen LogP contribution in [0.2, 0.25) is 5.02 Å². The Balaban J connectivity index is 1.46. The number of carbonyl (C=O) groups is 1. The van der Waals surface area contributed by atoms with Crippen LogP contribution in [0.1, 0.15) is 13.3 Å². The summed E-state index contributed by atoms with van der Waals surface area (Å²) < 4.78 is 50.9. The monoisotopic (exact) mass is 635 g/mol. The molecule has 2 aromatic carbocycles. The van der Waals surface area contributed by atoms with Crippen LogP contribution in [0.15, 0.2) is 48.9 Å². The van der Waals surface area contributed by atoms with Crippen molar-refractivity contribution in [2.45, 2.75) is 25.4 Å². The summed E-state index contributed by atoms with van der Waals surface area (Å²) in [6, 6.07) is 7.35. The molecule has 2 aromatic heterocycles. The highest BCUT2D eigenvalue weighted by molar-refractivity contribution is 6.36. The first kappa shape index (κ1) is 30.6. The van der Waals surface area contributed by atoms with Crippen LogP contribution in [-0.4, -0.2) is 88.6 Å². The fourth-order valence-corrected chi connectivity index (χ4v) is 6.30. The summed E-state index contributed by atoms with van der Waals surface area (Å²) >= 11 is 6.35. The standard InChI is InChI=1S/C32H29ClF3N7O2/c1-4-41-11-10-20(41)17-45-32-39-29-23(30(40-32)42-12-13-43(31(44)18(2)34)21(16-42)14-37-3)15-38-28(27(29)36)22-7-5-6-19-8-9-24(35)26(33)25(19)22/h5-9,15,20-21H,2,4,10-14,16-17H2,1H3/t20-,21+/m1/s1. The van der Waals surface area contributed by atoms with Crippen molar-refractivity contribution in [1.29, 1.82) is 0 Å².